The number of benzene rings is 1. The maximum atomic E-state index is 12.4. The van der Waals surface area contributed by atoms with E-state index in [0.717, 1.165) is 17.0 Å². The van der Waals surface area contributed by atoms with Crippen LogP contribution in [0.2, 0.25) is 0 Å². The third-order valence-corrected chi connectivity index (χ3v) is 3.98. The van der Waals surface area contributed by atoms with E-state index in [1.165, 1.54) is 5.56 Å². The zero-order valence-electron chi connectivity index (χ0n) is 12.3. The minimum atomic E-state index is -0.214. The van der Waals surface area contributed by atoms with Gasteiger partial charge in [0.1, 0.15) is 0 Å². The minimum absolute atomic E-state index is 0.000445. The van der Waals surface area contributed by atoms with E-state index in [2.05, 4.69) is 51.8 Å². The van der Waals surface area contributed by atoms with E-state index in [-0.39, 0.29) is 18.0 Å². The Hall–Kier alpha value is -2.14. The van der Waals surface area contributed by atoms with Gasteiger partial charge < -0.3 is 10.3 Å². The van der Waals surface area contributed by atoms with Crippen LogP contribution in [-0.2, 0) is 17.8 Å². The molecule has 21 heavy (non-hydrogen) atoms. The standard InChI is InChI=1S/C16H20N4O/c1-10-3-5-12(6-4-10)11(2)20-16(21)14-7-13-15(8-17-14)19-9-18-13/h3-6,9,11,14,17H,7-8H2,1-2H3,(H,18,19)(H,20,21)/t11-,14?/m0/s1. The molecule has 0 fully saturated rings. The van der Waals surface area contributed by atoms with Gasteiger partial charge in [-0.3, -0.25) is 10.1 Å². The lowest BCUT2D eigenvalue weighted by atomic mass is 10.0. The van der Waals surface area contributed by atoms with Crippen molar-refractivity contribution in [3.8, 4) is 0 Å². The van der Waals surface area contributed by atoms with Crippen molar-refractivity contribution in [2.45, 2.75) is 38.9 Å². The molecule has 0 saturated carbocycles. The van der Waals surface area contributed by atoms with E-state index in [1.54, 1.807) is 6.33 Å². The summed E-state index contributed by atoms with van der Waals surface area (Å²) < 4.78 is 0. The lowest BCUT2D eigenvalue weighted by Gasteiger charge is -2.24. The second-order valence-electron chi connectivity index (χ2n) is 5.61. The average molecular weight is 284 g/mol. The largest absolute Gasteiger partial charge is 0.348 e. The molecule has 1 aromatic carbocycles. The highest BCUT2D eigenvalue weighted by Gasteiger charge is 2.26. The van der Waals surface area contributed by atoms with Crippen molar-refractivity contribution in [2.75, 3.05) is 0 Å². The van der Waals surface area contributed by atoms with Gasteiger partial charge in [0.15, 0.2) is 0 Å². The van der Waals surface area contributed by atoms with Crippen LogP contribution in [0.15, 0.2) is 30.6 Å². The van der Waals surface area contributed by atoms with Crippen LogP contribution in [0.5, 0.6) is 0 Å². The monoisotopic (exact) mass is 284 g/mol. The molecule has 0 saturated heterocycles. The molecule has 0 spiro atoms. The number of carbonyl (C=O) groups is 1. The molecular formula is C16H20N4O. The Morgan fingerprint density at radius 2 is 2.14 bits per heavy atom. The van der Waals surface area contributed by atoms with Crippen LogP contribution in [0.3, 0.4) is 0 Å². The summed E-state index contributed by atoms with van der Waals surface area (Å²) in [4.78, 5) is 19.7. The molecule has 1 unspecified atom stereocenters. The van der Waals surface area contributed by atoms with Crippen LogP contribution in [0.4, 0.5) is 0 Å². The average Bonchev–Trinajstić information content (AvgIpc) is 2.95. The molecule has 2 aromatic rings. The number of amides is 1. The summed E-state index contributed by atoms with van der Waals surface area (Å²) in [7, 11) is 0. The Morgan fingerprint density at radius 3 is 2.90 bits per heavy atom. The molecule has 3 N–H and O–H groups in total. The van der Waals surface area contributed by atoms with E-state index in [9.17, 15) is 4.79 Å². The van der Waals surface area contributed by atoms with Crippen molar-refractivity contribution >= 4 is 5.91 Å². The number of nitrogens with zero attached hydrogens (tertiary/aromatic N) is 1. The van der Waals surface area contributed by atoms with Gasteiger partial charge >= 0.3 is 0 Å². The van der Waals surface area contributed by atoms with Crippen molar-refractivity contribution in [3.63, 3.8) is 0 Å². The summed E-state index contributed by atoms with van der Waals surface area (Å²) >= 11 is 0. The quantitative estimate of drug-likeness (QED) is 0.802. The number of imidazole rings is 1. The number of H-pyrrole nitrogens is 1. The smallest absolute Gasteiger partial charge is 0.238 e. The van der Waals surface area contributed by atoms with Gasteiger partial charge in [-0.2, -0.15) is 0 Å². The van der Waals surface area contributed by atoms with Crippen LogP contribution in [0, 0.1) is 6.92 Å². The SMILES string of the molecule is Cc1ccc([C@H](C)NC(=O)C2Cc3nc[nH]c3CN2)cc1. The van der Waals surface area contributed by atoms with Crippen molar-refractivity contribution in [3.05, 3.63) is 53.1 Å². The lowest BCUT2D eigenvalue weighted by molar-refractivity contribution is -0.124. The van der Waals surface area contributed by atoms with Gasteiger partial charge in [-0.05, 0) is 19.4 Å². The lowest BCUT2D eigenvalue weighted by Crippen LogP contribution is -2.48. The van der Waals surface area contributed by atoms with E-state index < -0.39 is 0 Å². The fraction of sp³-hybridized carbons (Fsp3) is 0.375. The van der Waals surface area contributed by atoms with Crippen molar-refractivity contribution in [1.29, 1.82) is 0 Å². The zero-order chi connectivity index (χ0) is 14.8. The van der Waals surface area contributed by atoms with Gasteiger partial charge in [-0.1, -0.05) is 29.8 Å². The molecule has 0 aliphatic carbocycles. The second-order valence-corrected chi connectivity index (χ2v) is 5.61. The maximum Gasteiger partial charge on any atom is 0.238 e. The number of nitrogens with one attached hydrogen (secondary N) is 3. The topological polar surface area (TPSA) is 69.8 Å². The molecule has 1 amide bonds. The summed E-state index contributed by atoms with van der Waals surface area (Å²) in [6.07, 6.45) is 2.31. The first-order valence-corrected chi connectivity index (χ1v) is 7.25. The highest BCUT2D eigenvalue weighted by atomic mass is 16.2. The molecule has 0 bridgehead atoms. The molecule has 5 nitrogen and oxygen atoms in total. The maximum absolute atomic E-state index is 12.4. The molecule has 2 atom stereocenters. The first-order valence-electron chi connectivity index (χ1n) is 7.25. The second kappa shape index (κ2) is 5.69. The highest BCUT2D eigenvalue weighted by Crippen LogP contribution is 2.16. The normalized spacial score (nSPS) is 18.9. The minimum Gasteiger partial charge on any atom is -0.348 e. The first-order chi connectivity index (χ1) is 10.1. The van der Waals surface area contributed by atoms with Gasteiger partial charge in [-0.15, -0.1) is 0 Å². The van der Waals surface area contributed by atoms with Crippen LogP contribution in [-0.4, -0.2) is 21.9 Å². The number of aromatic nitrogens is 2. The third kappa shape index (κ3) is 2.97. The van der Waals surface area contributed by atoms with Gasteiger partial charge in [0.05, 0.1) is 29.8 Å². The molecule has 3 rings (SSSR count). The number of rotatable bonds is 3. The summed E-state index contributed by atoms with van der Waals surface area (Å²) in [5.74, 6) is 0.0247. The number of aromatic amines is 1. The van der Waals surface area contributed by atoms with Crippen LogP contribution in [0.25, 0.3) is 0 Å². The molecule has 1 aliphatic rings. The number of hydrogen-bond donors (Lipinski definition) is 3. The molecule has 5 heteroatoms. The van der Waals surface area contributed by atoms with Crippen molar-refractivity contribution in [1.82, 2.24) is 20.6 Å². The summed E-state index contributed by atoms with van der Waals surface area (Å²) in [6.45, 7) is 4.72. The number of hydrogen-bond acceptors (Lipinski definition) is 3. The molecule has 0 radical (unpaired) electrons. The fourth-order valence-electron chi connectivity index (χ4n) is 2.61. The fourth-order valence-corrected chi connectivity index (χ4v) is 2.61. The number of carbonyl (C=O) groups excluding carboxylic acids is 1. The Bertz CT molecular complexity index is 632. The van der Waals surface area contributed by atoms with E-state index in [4.69, 9.17) is 0 Å². The number of fused-ring (bicyclic) bond motifs is 1. The molecule has 110 valence electrons. The Balaban J connectivity index is 1.63. The van der Waals surface area contributed by atoms with E-state index in [1.807, 2.05) is 6.92 Å². The van der Waals surface area contributed by atoms with Gasteiger partial charge in [0.2, 0.25) is 5.91 Å². The zero-order valence-corrected chi connectivity index (χ0v) is 12.3. The van der Waals surface area contributed by atoms with Crippen molar-refractivity contribution in [2.24, 2.45) is 0 Å². The van der Waals surface area contributed by atoms with Crippen LogP contribution >= 0.6 is 0 Å². The van der Waals surface area contributed by atoms with Gasteiger partial charge in [0, 0.05) is 13.0 Å². The van der Waals surface area contributed by atoms with Gasteiger partial charge in [-0.25, -0.2) is 4.98 Å². The van der Waals surface area contributed by atoms with Gasteiger partial charge in [0.25, 0.3) is 0 Å². The summed E-state index contributed by atoms with van der Waals surface area (Å²) in [5, 5.41) is 6.31. The third-order valence-electron chi connectivity index (χ3n) is 3.98. The molecular weight excluding hydrogens is 264 g/mol. The predicted octanol–water partition coefficient (Wildman–Crippen LogP) is 1.61. The van der Waals surface area contributed by atoms with Crippen LogP contribution in [0.1, 0.15) is 35.5 Å². The number of aryl methyl sites for hydroxylation is 1. The highest BCUT2D eigenvalue weighted by molar-refractivity contribution is 5.82. The van der Waals surface area contributed by atoms with Crippen LogP contribution < -0.4 is 10.6 Å². The van der Waals surface area contributed by atoms with E-state index in [0.29, 0.717) is 13.0 Å². The Kier molecular flexibility index (Phi) is 3.75. The predicted molar refractivity (Wildman–Crippen MR) is 80.7 cm³/mol. The Labute approximate surface area is 124 Å². The molecule has 1 aromatic heterocycles. The first kappa shape index (κ1) is 13.8. The molecule has 1 aliphatic heterocycles. The summed E-state index contributed by atoms with van der Waals surface area (Å²) in [5.41, 5.74) is 4.39. The Morgan fingerprint density at radius 1 is 1.38 bits per heavy atom. The molecule has 2 heterocycles. The van der Waals surface area contributed by atoms with Crippen molar-refractivity contribution < 1.29 is 4.79 Å². The summed E-state index contributed by atoms with van der Waals surface area (Å²) in [6, 6.07) is 8.02. The van der Waals surface area contributed by atoms with E-state index >= 15 is 0 Å².